The van der Waals surface area contributed by atoms with E-state index < -0.39 is 0 Å². The molecule has 29 heavy (non-hydrogen) atoms. The van der Waals surface area contributed by atoms with Crippen molar-refractivity contribution in [2.75, 3.05) is 32.5 Å². The van der Waals surface area contributed by atoms with Gasteiger partial charge in [-0.15, -0.1) is 0 Å². The monoisotopic (exact) mass is 385 g/mol. The zero-order valence-corrected chi connectivity index (χ0v) is 17.7. The van der Waals surface area contributed by atoms with Crippen molar-refractivity contribution >= 4 is 11.5 Å². The molecule has 0 radical (unpaired) electrons. The Morgan fingerprint density at radius 3 is 1.90 bits per heavy atom. The van der Waals surface area contributed by atoms with E-state index in [0.717, 1.165) is 31.0 Å². The first-order chi connectivity index (χ1) is 14.1. The van der Waals surface area contributed by atoms with Gasteiger partial charge in [0.25, 0.3) is 0 Å². The average molecular weight is 386 g/mol. The molecule has 0 atom stereocenters. The lowest BCUT2D eigenvalue weighted by Gasteiger charge is -2.22. The molecule has 0 fully saturated rings. The molecule has 1 N–H and O–H groups in total. The van der Waals surface area contributed by atoms with E-state index in [4.69, 9.17) is 4.99 Å². The Kier molecular flexibility index (Phi) is 7.60. The van der Waals surface area contributed by atoms with Gasteiger partial charge < -0.3 is 10.2 Å². The highest BCUT2D eigenvalue weighted by molar-refractivity contribution is 6.02. The Morgan fingerprint density at radius 1 is 0.828 bits per heavy atom. The van der Waals surface area contributed by atoms with E-state index in [0.29, 0.717) is 0 Å². The lowest BCUT2D eigenvalue weighted by atomic mass is 9.90. The van der Waals surface area contributed by atoms with Gasteiger partial charge in [0.2, 0.25) is 0 Å². The number of nitrogens with one attached hydrogen (secondary N) is 1. The Balaban J connectivity index is 1.97. The van der Waals surface area contributed by atoms with Gasteiger partial charge in [0.1, 0.15) is 5.84 Å². The highest BCUT2D eigenvalue weighted by Gasteiger charge is 2.20. The Bertz CT molecular complexity index is 845. The van der Waals surface area contributed by atoms with Crippen LogP contribution in [-0.4, -0.2) is 37.9 Å². The molecule has 0 spiro atoms. The van der Waals surface area contributed by atoms with Crippen molar-refractivity contribution in [3.8, 4) is 0 Å². The van der Waals surface area contributed by atoms with Crippen LogP contribution < -0.4 is 5.32 Å². The third kappa shape index (κ3) is 6.30. The van der Waals surface area contributed by atoms with Crippen LogP contribution in [0.25, 0.3) is 0 Å². The number of hydrogen-bond donors (Lipinski definition) is 1. The molecule has 3 rings (SSSR count). The molecule has 0 saturated carbocycles. The zero-order valence-electron chi connectivity index (χ0n) is 17.7. The van der Waals surface area contributed by atoms with Crippen molar-refractivity contribution in [1.29, 1.82) is 0 Å². The minimum absolute atomic E-state index is 0.0676. The normalized spacial score (nSPS) is 11.8. The summed E-state index contributed by atoms with van der Waals surface area (Å²) in [5, 5.41) is 3.63. The number of aliphatic imine (C=N–C) groups is 1. The zero-order chi connectivity index (χ0) is 20.5. The van der Waals surface area contributed by atoms with Crippen LogP contribution in [0, 0.1) is 6.92 Å². The molecule has 0 unspecified atom stereocenters. The smallest absolute Gasteiger partial charge is 0.113 e. The van der Waals surface area contributed by atoms with Gasteiger partial charge in [-0.2, -0.15) is 0 Å². The summed E-state index contributed by atoms with van der Waals surface area (Å²) in [5.41, 5.74) is 4.80. The number of aryl methyl sites for hydroxylation is 1. The molecule has 0 aliphatic carbocycles. The van der Waals surface area contributed by atoms with Crippen LogP contribution in [0.2, 0.25) is 0 Å². The molecule has 0 aliphatic rings. The molecule has 0 amide bonds. The van der Waals surface area contributed by atoms with Crippen molar-refractivity contribution in [3.63, 3.8) is 0 Å². The highest BCUT2D eigenvalue weighted by Crippen LogP contribution is 2.27. The molecular weight excluding hydrogens is 354 g/mol. The van der Waals surface area contributed by atoms with Crippen molar-refractivity contribution < 1.29 is 0 Å². The largest absolute Gasteiger partial charge is 0.343 e. The standard InChI is InChI=1S/C26H31N3/c1-21-15-17-24(18-16-21)28-26(27-19-10-20-29(2)3)25(22-11-6-4-7-12-22)23-13-8-5-9-14-23/h4-9,11-18,25H,10,19-20H2,1-3H3,(H,27,28). The molecule has 0 bridgehead atoms. The summed E-state index contributed by atoms with van der Waals surface area (Å²) >= 11 is 0. The number of rotatable bonds is 8. The van der Waals surface area contributed by atoms with Crippen LogP contribution in [0.1, 0.15) is 29.0 Å². The van der Waals surface area contributed by atoms with E-state index in [1.165, 1.54) is 16.7 Å². The van der Waals surface area contributed by atoms with Crippen molar-refractivity contribution in [2.45, 2.75) is 19.3 Å². The second-order valence-electron chi connectivity index (χ2n) is 7.67. The highest BCUT2D eigenvalue weighted by atomic mass is 15.1. The predicted octanol–water partition coefficient (Wildman–Crippen LogP) is 5.59. The van der Waals surface area contributed by atoms with Gasteiger partial charge in [-0.1, -0.05) is 78.4 Å². The lowest BCUT2D eigenvalue weighted by molar-refractivity contribution is 0.403. The summed E-state index contributed by atoms with van der Waals surface area (Å²) in [5.74, 6) is 1.06. The number of nitrogens with zero attached hydrogens (tertiary/aromatic N) is 2. The first-order valence-electron chi connectivity index (χ1n) is 10.3. The van der Waals surface area contributed by atoms with E-state index in [-0.39, 0.29) is 5.92 Å². The first kappa shape index (κ1) is 20.8. The van der Waals surface area contributed by atoms with Gasteiger partial charge in [0.15, 0.2) is 0 Å². The molecular formula is C26H31N3. The maximum Gasteiger partial charge on any atom is 0.113 e. The summed E-state index contributed by atoms with van der Waals surface area (Å²) in [6.07, 6.45) is 1.03. The van der Waals surface area contributed by atoms with E-state index in [1.807, 2.05) is 0 Å². The summed E-state index contributed by atoms with van der Waals surface area (Å²) in [4.78, 5) is 7.25. The average Bonchev–Trinajstić information content (AvgIpc) is 2.74. The van der Waals surface area contributed by atoms with E-state index in [2.05, 4.69) is 116 Å². The Labute approximate surface area is 175 Å². The number of anilines is 1. The summed E-state index contributed by atoms with van der Waals surface area (Å²) in [7, 11) is 4.21. The fourth-order valence-corrected chi connectivity index (χ4v) is 3.37. The molecule has 3 aromatic carbocycles. The van der Waals surface area contributed by atoms with Crippen molar-refractivity contribution in [2.24, 2.45) is 4.99 Å². The first-order valence-corrected chi connectivity index (χ1v) is 10.3. The van der Waals surface area contributed by atoms with Gasteiger partial charge in [-0.25, -0.2) is 0 Å². The third-order valence-electron chi connectivity index (χ3n) is 4.91. The number of amidine groups is 1. The molecule has 3 nitrogen and oxygen atoms in total. The lowest BCUT2D eigenvalue weighted by Crippen LogP contribution is -2.24. The minimum Gasteiger partial charge on any atom is -0.343 e. The SMILES string of the molecule is Cc1ccc(NC(=NCCCN(C)C)C(c2ccccc2)c2ccccc2)cc1. The third-order valence-corrected chi connectivity index (χ3v) is 4.91. The minimum atomic E-state index is 0.0676. The molecule has 150 valence electrons. The molecule has 0 aliphatic heterocycles. The van der Waals surface area contributed by atoms with Crippen molar-refractivity contribution in [3.05, 3.63) is 102 Å². The second-order valence-corrected chi connectivity index (χ2v) is 7.67. The van der Waals surface area contributed by atoms with E-state index in [9.17, 15) is 0 Å². The Hall–Kier alpha value is -2.91. The molecule has 0 heterocycles. The van der Waals surface area contributed by atoms with Crippen LogP contribution in [-0.2, 0) is 0 Å². The van der Waals surface area contributed by atoms with E-state index >= 15 is 0 Å². The quantitative estimate of drug-likeness (QED) is 0.311. The summed E-state index contributed by atoms with van der Waals surface area (Å²) in [6, 6.07) is 29.8. The molecule has 3 aromatic rings. The fraction of sp³-hybridized carbons (Fsp3) is 0.269. The van der Waals surface area contributed by atoms with Gasteiger partial charge >= 0.3 is 0 Å². The van der Waals surface area contributed by atoms with E-state index in [1.54, 1.807) is 0 Å². The van der Waals surface area contributed by atoms with Gasteiger partial charge in [-0.05, 0) is 57.2 Å². The maximum atomic E-state index is 5.05. The van der Waals surface area contributed by atoms with Crippen molar-refractivity contribution in [1.82, 2.24) is 4.90 Å². The summed E-state index contributed by atoms with van der Waals surface area (Å²) in [6.45, 7) is 3.93. The van der Waals surface area contributed by atoms with Crippen LogP contribution in [0.5, 0.6) is 0 Å². The maximum absolute atomic E-state index is 5.05. The summed E-state index contributed by atoms with van der Waals surface area (Å²) < 4.78 is 0. The van der Waals surface area contributed by atoms with Crippen LogP contribution in [0.15, 0.2) is 89.9 Å². The molecule has 3 heteroatoms. The van der Waals surface area contributed by atoms with Crippen LogP contribution in [0.4, 0.5) is 5.69 Å². The fourth-order valence-electron chi connectivity index (χ4n) is 3.37. The van der Waals surface area contributed by atoms with Gasteiger partial charge in [-0.3, -0.25) is 4.99 Å². The molecule has 0 saturated heterocycles. The van der Waals surface area contributed by atoms with Crippen LogP contribution >= 0.6 is 0 Å². The van der Waals surface area contributed by atoms with Gasteiger partial charge in [0.05, 0.1) is 5.92 Å². The molecule has 0 aromatic heterocycles. The van der Waals surface area contributed by atoms with Crippen LogP contribution in [0.3, 0.4) is 0 Å². The number of hydrogen-bond acceptors (Lipinski definition) is 2. The predicted molar refractivity (Wildman–Crippen MR) is 125 cm³/mol. The topological polar surface area (TPSA) is 27.6 Å². The number of benzene rings is 3. The van der Waals surface area contributed by atoms with Gasteiger partial charge in [0, 0.05) is 12.2 Å². The second kappa shape index (κ2) is 10.6. The Morgan fingerprint density at radius 2 is 1.38 bits per heavy atom.